The lowest BCUT2D eigenvalue weighted by Gasteiger charge is -2.18. The Balaban J connectivity index is 1.62. The molecule has 1 aliphatic rings. The molecule has 0 bridgehead atoms. The van der Waals surface area contributed by atoms with E-state index in [9.17, 15) is 0 Å². The van der Waals surface area contributed by atoms with Crippen LogP contribution in [0.1, 0.15) is 30.0 Å². The van der Waals surface area contributed by atoms with Crippen molar-refractivity contribution in [2.45, 2.75) is 23.8 Å². The van der Waals surface area contributed by atoms with Crippen LogP contribution in [0, 0.1) is 0 Å². The van der Waals surface area contributed by atoms with E-state index in [-0.39, 0.29) is 0 Å². The number of benzene rings is 2. The van der Waals surface area contributed by atoms with Gasteiger partial charge in [-0.15, -0.1) is 11.8 Å². The van der Waals surface area contributed by atoms with E-state index >= 15 is 0 Å². The first kappa shape index (κ1) is 14.0. The smallest absolute Gasteiger partial charge is 0.0406 e. The third-order valence-electron chi connectivity index (χ3n) is 3.84. The van der Waals surface area contributed by atoms with Gasteiger partial charge in [-0.1, -0.05) is 41.9 Å². The molecule has 20 heavy (non-hydrogen) atoms. The van der Waals surface area contributed by atoms with E-state index in [1.54, 1.807) is 0 Å². The zero-order valence-corrected chi connectivity index (χ0v) is 13.0. The number of hydrogen-bond donors (Lipinski definition) is 1. The van der Waals surface area contributed by atoms with E-state index in [1.807, 2.05) is 23.9 Å². The molecule has 0 saturated carbocycles. The number of hydrogen-bond acceptors (Lipinski definition) is 2. The summed E-state index contributed by atoms with van der Waals surface area (Å²) < 4.78 is 0. The lowest BCUT2D eigenvalue weighted by Crippen LogP contribution is -2.24. The lowest BCUT2D eigenvalue weighted by molar-refractivity contribution is 0.541. The van der Waals surface area contributed by atoms with Gasteiger partial charge in [0.25, 0.3) is 0 Å². The van der Waals surface area contributed by atoms with Crippen LogP contribution in [0.5, 0.6) is 0 Å². The molecule has 0 aliphatic carbocycles. The second-order valence-corrected chi connectivity index (χ2v) is 6.73. The average Bonchev–Trinajstić information content (AvgIpc) is 2.89. The number of thioether (sulfide) groups is 1. The Morgan fingerprint density at radius 3 is 2.75 bits per heavy atom. The van der Waals surface area contributed by atoms with Crippen molar-refractivity contribution in [3.05, 3.63) is 64.7 Å². The highest BCUT2D eigenvalue weighted by atomic mass is 35.5. The minimum Gasteiger partial charge on any atom is -0.310 e. The van der Waals surface area contributed by atoms with E-state index in [0.29, 0.717) is 12.0 Å². The summed E-state index contributed by atoms with van der Waals surface area (Å²) >= 11 is 7.90. The van der Waals surface area contributed by atoms with Crippen LogP contribution in [-0.4, -0.2) is 12.3 Å². The molecule has 0 saturated heterocycles. The van der Waals surface area contributed by atoms with Gasteiger partial charge in [0.05, 0.1) is 0 Å². The van der Waals surface area contributed by atoms with Crippen molar-refractivity contribution in [3.8, 4) is 0 Å². The molecule has 0 fully saturated rings. The first-order chi connectivity index (χ1) is 9.74. The van der Waals surface area contributed by atoms with E-state index < -0.39 is 0 Å². The Hall–Kier alpha value is -0.960. The fraction of sp³-hybridized carbons (Fsp3) is 0.294. The average molecular weight is 304 g/mol. The van der Waals surface area contributed by atoms with E-state index in [4.69, 9.17) is 11.6 Å². The maximum Gasteiger partial charge on any atom is 0.0406 e. The van der Waals surface area contributed by atoms with Gasteiger partial charge in [-0.05, 0) is 36.2 Å². The largest absolute Gasteiger partial charge is 0.310 e. The van der Waals surface area contributed by atoms with Crippen LogP contribution in [-0.2, 0) is 0 Å². The van der Waals surface area contributed by atoms with Gasteiger partial charge in [-0.2, -0.15) is 0 Å². The van der Waals surface area contributed by atoms with Crippen molar-refractivity contribution in [1.29, 1.82) is 0 Å². The highest BCUT2D eigenvalue weighted by molar-refractivity contribution is 7.99. The van der Waals surface area contributed by atoms with Crippen LogP contribution >= 0.6 is 23.4 Å². The first-order valence-electron chi connectivity index (χ1n) is 6.94. The molecule has 0 amide bonds. The third-order valence-corrected chi connectivity index (χ3v) is 5.34. The van der Waals surface area contributed by atoms with Crippen molar-refractivity contribution in [1.82, 2.24) is 5.32 Å². The fourth-order valence-corrected chi connectivity index (χ4v) is 3.97. The second-order valence-electron chi connectivity index (χ2n) is 5.23. The SMILES string of the molecule is C[C@H](NCC1CSc2ccccc21)c1ccc(Cl)cc1. The van der Waals surface area contributed by atoms with E-state index in [0.717, 1.165) is 11.6 Å². The predicted octanol–water partition coefficient (Wildman–Crippen LogP) is 4.88. The summed E-state index contributed by atoms with van der Waals surface area (Å²) in [4.78, 5) is 1.44. The lowest BCUT2D eigenvalue weighted by atomic mass is 10.0. The number of rotatable bonds is 4. The summed E-state index contributed by atoms with van der Waals surface area (Å²) in [7, 11) is 0. The second kappa shape index (κ2) is 6.21. The van der Waals surface area contributed by atoms with Crippen molar-refractivity contribution < 1.29 is 0 Å². The Kier molecular flexibility index (Phi) is 4.35. The molecule has 1 heterocycles. The molecule has 1 unspecified atom stereocenters. The van der Waals surface area contributed by atoms with Gasteiger partial charge in [0, 0.05) is 34.2 Å². The summed E-state index contributed by atoms with van der Waals surface area (Å²) in [6.45, 7) is 3.23. The molecule has 104 valence electrons. The summed E-state index contributed by atoms with van der Waals surface area (Å²) in [5.41, 5.74) is 2.78. The minimum absolute atomic E-state index is 0.352. The Morgan fingerprint density at radius 1 is 1.20 bits per heavy atom. The van der Waals surface area contributed by atoms with Gasteiger partial charge >= 0.3 is 0 Å². The van der Waals surface area contributed by atoms with Gasteiger partial charge in [-0.25, -0.2) is 0 Å². The molecule has 0 aromatic heterocycles. The summed E-state index contributed by atoms with van der Waals surface area (Å²) in [6, 6.07) is 17.2. The Morgan fingerprint density at radius 2 is 1.95 bits per heavy atom. The number of nitrogens with one attached hydrogen (secondary N) is 1. The molecule has 1 nitrogen and oxygen atoms in total. The van der Waals surface area contributed by atoms with Crippen molar-refractivity contribution in [3.63, 3.8) is 0 Å². The monoisotopic (exact) mass is 303 g/mol. The first-order valence-corrected chi connectivity index (χ1v) is 8.31. The molecule has 0 spiro atoms. The van der Waals surface area contributed by atoms with Gasteiger partial charge in [-0.3, -0.25) is 0 Å². The number of fused-ring (bicyclic) bond motifs is 1. The highest BCUT2D eigenvalue weighted by Gasteiger charge is 2.22. The zero-order valence-electron chi connectivity index (χ0n) is 11.5. The predicted molar refractivity (Wildman–Crippen MR) is 87.8 cm³/mol. The van der Waals surface area contributed by atoms with Gasteiger partial charge in [0.2, 0.25) is 0 Å². The molecule has 1 N–H and O–H groups in total. The van der Waals surface area contributed by atoms with Crippen LogP contribution in [0.2, 0.25) is 5.02 Å². The fourth-order valence-electron chi connectivity index (χ4n) is 2.59. The van der Waals surface area contributed by atoms with Crippen molar-refractivity contribution in [2.75, 3.05) is 12.3 Å². The Bertz CT molecular complexity index is 582. The molecular weight excluding hydrogens is 286 g/mol. The van der Waals surface area contributed by atoms with Crippen LogP contribution in [0.4, 0.5) is 0 Å². The van der Waals surface area contributed by atoms with Crippen LogP contribution in [0.3, 0.4) is 0 Å². The van der Waals surface area contributed by atoms with E-state index in [2.05, 4.69) is 48.6 Å². The molecule has 2 atom stereocenters. The van der Waals surface area contributed by atoms with Gasteiger partial charge in [0.1, 0.15) is 0 Å². The van der Waals surface area contributed by atoms with Gasteiger partial charge in [0.15, 0.2) is 0 Å². The highest BCUT2D eigenvalue weighted by Crippen LogP contribution is 2.39. The summed E-state index contributed by atoms with van der Waals surface area (Å²) in [6.07, 6.45) is 0. The van der Waals surface area contributed by atoms with Crippen LogP contribution < -0.4 is 5.32 Å². The topological polar surface area (TPSA) is 12.0 Å². The van der Waals surface area contributed by atoms with Crippen molar-refractivity contribution in [2.24, 2.45) is 0 Å². The zero-order chi connectivity index (χ0) is 13.9. The summed E-state index contributed by atoms with van der Waals surface area (Å²) in [5.74, 6) is 1.80. The maximum atomic E-state index is 5.93. The van der Waals surface area contributed by atoms with E-state index in [1.165, 1.54) is 21.8 Å². The quantitative estimate of drug-likeness (QED) is 0.864. The van der Waals surface area contributed by atoms with Crippen molar-refractivity contribution >= 4 is 23.4 Å². The molecule has 3 heteroatoms. The molecular formula is C17H18ClNS. The molecule has 1 aliphatic heterocycles. The Labute approximate surface area is 129 Å². The third kappa shape index (κ3) is 3.03. The minimum atomic E-state index is 0.352. The van der Waals surface area contributed by atoms with Crippen LogP contribution in [0.15, 0.2) is 53.4 Å². The maximum absolute atomic E-state index is 5.93. The normalized spacial score (nSPS) is 18.8. The molecule has 2 aromatic rings. The standard InChI is InChI=1S/C17H18ClNS/c1-12(13-6-8-15(18)9-7-13)19-10-14-11-20-17-5-3-2-4-16(14)17/h2-9,12,14,19H,10-11H2,1H3/t12-,14?/m0/s1. The van der Waals surface area contributed by atoms with Gasteiger partial charge < -0.3 is 5.32 Å². The molecule has 3 rings (SSSR count). The molecule has 2 aromatic carbocycles. The van der Waals surface area contributed by atoms with Crippen LogP contribution in [0.25, 0.3) is 0 Å². The molecule has 0 radical (unpaired) electrons. The summed E-state index contributed by atoms with van der Waals surface area (Å²) in [5, 5.41) is 4.44. The number of halogens is 1.